The van der Waals surface area contributed by atoms with Gasteiger partial charge < -0.3 is 15.4 Å². The van der Waals surface area contributed by atoms with E-state index in [0.29, 0.717) is 11.4 Å². The smallest absolute Gasteiger partial charge is 0.262 e. The van der Waals surface area contributed by atoms with Crippen LogP contribution in [-0.4, -0.2) is 18.4 Å². The topological polar surface area (TPSA) is 67.4 Å². The summed E-state index contributed by atoms with van der Waals surface area (Å²) in [4.78, 5) is 22.9. The molecule has 23 heavy (non-hydrogen) atoms. The summed E-state index contributed by atoms with van der Waals surface area (Å²) in [5.74, 6) is -0.818. The molecule has 0 spiro atoms. The van der Waals surface area contributed by atoms with Crippen LogP contribution in [0.5, 0.6) is 5.75 Å². The zero-order chi connectivity index (χ0) is 16.8. The minimum absolute atomic E-state index is 0.0197. The minimum atomic E-state index is -0.595. The Morgan fingerprint density at radius 2 is 1.78 bits per heavy atom. The third-order valence-corrected chi connectivity index (χ3v) is 2.95. The summed E-state index contributed by atoms with van der Waals surface area (Å²) in [5, 5.41) is 4.94. The summed E-state index contributed by atoms with van der Waals surface area (Å²) in [5.41, 5.74) is 1.46. The van der Waals surface area contributed by atoms with Crippen molar-refractivity contribution in [1.82, 2.24) is 0 Å². The van der Waals surface area contributed by atoms with E-state index < -0.39 is 11.7 Å². The van der Waals surface area contributed by atoms with E-state index in [1.165, 1.54) is 25.1 Å². The van der Waals surface area contributed by atoms with Gasteiger partial charge in [-0.15, -0.1) is 0 Å². The zero-order valence-electron chi connectivity index (χ0n) is 12.9. The molecular weight excluding hydrogens is 299 g/mol. The maximum Gasteiger partial charge on any atom is 0.262 e. The number of hydrogen-bond donors (Lipinski definition) is 2. The number of aryl methyl sites for hydroxylation is 1. The first-order valence-electron chi connectivity index (χ1n) is 7.00. The van der Waals surface area contributed by atoms with E-state index in [9.17, 15) is 14.0 Å². The minimum Gasteiger partial charge on any atom is -0.484 e. The van der Waals surface area contributed by atoms with Gasteiger partial charge in [0.25, 0.3) is 5.91 Å². The molecule has 2 aromatic carbocycles. The lowest BCUT2D eigenvalue weighted by Crippen LogP contribution is -2.21. The molecule has 0 saturated carbocycles. The van der Waals surface area contributed by atoms with E-state index in [1.54, 1.807) is 12.1 Å². The lowest BCUT2D eigenvalue weighted by Gasteiger charge is -2.10. The van der Waals surface area contributed by atoms with Crippen LogP contribution in [0, 0.1) is 12.7 Å². The second-order valence-electron chi connectivity index (χ2n) is 5.03. The van der Waals surface area contributed by atoms with Crippen molar-refractivity contribution in [3.05, 3.63) is 53.8 Å². The molecule has 2 N–H and O–H groups in total. The molecule has 120 valence electrons. The van der Waals surface area contributed by atoms with Crippen molar-refractivity contribution in [2.75, 3.05) is 17.2 Å². The molecule has 2 rings (SSSR count). The number of hydrogen-bond acceptors (Lipinski definition) is 3. The van der Waals surface area contributed by atoms with Gasteiger partial charge in [0.15, 0.2) is 6.61 Å². The van der Waals surface area contributed by atoms with Crippen LogP contribution in [0.2, 0.25) is 0 Å². The highest BCUT2D eigenvalue weighted by Crippen LogP contribution is 2.20. The van der Waals surface area contributed by atoms with Gasteiger partial charge in [-0.3, -0.25) is 9.59 Å². The van der Waals surface area contributed by atoms with Gasteiger partial charge in [0.1, 0.15) is 11.6 Å². The Bertz CT molecular complexity index is 714. The van der Waals surface area contributed by atoms with E-state index >= 15 is 0 Å². The maximum atomic E-state index is 13.7. The van der Waals surface area contributed by atoms with E-state index in [0.717, 1.165) is 5.56 Å². The fourth-order valence-corrected chi connectivity index (χ4v) is 1.87. The second kappa shape index (κ2) is 7.40. The largest absolute Gasteiger partial charge is 0.484 e. The van der Waals surface area contributed by atoms with E-state index in [1.807, 2.05) is 19.1 Å². The molecule has 0 unspecified atom stereocenters. The van der Waals surface area contributed by atoms with Crippen LogP contribution in [0.1, 0.15) is 12.5 Å². The molecule has 0 radical (unpaired) electrons. The Balaban J connectivity index is 1.96. The SMILES string of the molecule is CC(=O)Nc1ccc(F)c(NC(=O)COc2ccc(C)cc2)c1. The third kappa shape index (κ3) is 5.10. The number of carbonyl (C=O) groups is 2. The molecule has 0 atom stereocenters. The Kier molecular flexibility index (Phi) is 5.30. The Morgan fingerprint density at radius 1 is 1.09 bits per heavy atom. The summed E-state index contributed by atoms with van der Waals surface area (Å²) >= 11 is 0. The fraction of sp³-hybridized carbons (Fsp3) is 0.176. The maximum absolute atomic E-state index is 13.7. The highest BCUT2D eigenvalue weighted by molar-refractivity contribution is 5.94. The molecule has 0 bridgehead atoms. The van der Waals surface area contributed by atoms with Crippen LogP contribution in [0.15, 0.2) is 42.5 Å². The number of amides is 2. The Morgan fingerprint density at radius 3 is 2.43 bits per heavy atom. The summed E-state index contributed by atoms with van der Waals surface area (Å²) in [6, 6.07) is 11.2. The second-order valence-corrected chi connectivity index (χ2v) is 5.03. The van der Waals surface area contributed by atoms with E-state index in [-0.39, 0.29) is 18.2 Å². The normalized spacial score (nSPS) is 10.0. The number of carbonyl (C=O) groups excluding carboxylic acids is 2. The summed E-state index contributed by atoms with van der Waals surface area (Å²) in [6.45, 7) is 3.05. The Hall–Kier alpha value is -2.89. The van der Waals surface area contributed by atoms with Crippen LogP contribution >= 0.6 is 0 Å². The molecule has 2 amide bonds. The first-order chi connectivity index (χ1) is 10.9. The van der Waals surface area contributed by atoms with Crippen molar-refractivity contribution in [2.45, 2.75) is 13.8 Å². The fourth-order valence-electron chi connectivity index (χ4n) is 1.87. The van der Waals surface area contributed by atoms with Crippen molar-refractivity contribution in [3.63, 3.8) is 0 Å². The van der Waals surface area contributed by atoms with Crippen molar-refractivity contribution in [2.24, 2.45) is 0 Å². The monoisotopic (exact) mass is 316 g/mol. The molecule has 0 aliphatic rings. The molecular formula is C17H17FN2O3. The van der Waals surface area contributed by atoms with E-state index in [4.69, 9.17) is 4.74 Å². The molecule has 0 heterocycles. The Labute approximate surface area is 133 Å². The van der Waals surface area contributed by atoms with Crippen molar-refractivity contribution >= 4 is 23.2 Å². The van der Waals surface area contributed by atoms with Gasteiger partial charge in [-0.1, -0.05) is 17.7 Å². The highest BCUT2D eigenvalue weighted by Gasteiger charge is 2.09. The number of anilines is 2. The summed E-state index contributed by atoms with van der Waals surface area (Å²) < 4.78 is 19.0. The first-order valence-corrected chi connectivity index (χ1v) is 7.00. The van der Waals surface area contributed by atoms with Gasteiger partial charge in [0, 0.05) is 12.6 Å². The van der Waals surface area contributed by atoms with Crippen molar-refractivity contribution < 1.29 is 18.7 Å². The van der Waals surface area contributed by atoms with Crippen LogP contribution in [-0.2, 0) is 9.59 Å². The van der Waals surface area contributed by atoms with E-state index in [2.05, 4.69) is 10.6 Å². The van der Waals surface area contributed by atoms with Gasteiger partial charge in [-0.05, 0) is 37.3 Å². The molecule has 5 nitrogen and oxygen atoms in total. The molecule has 0 saturated heterocycles. The number of benzene rings is 2. The number of ether oxygens (including phenoxy) is 1. The highest BCUT2D eigenvalue weighted by atomic mass is 19.1. The average molecular weight is 316 g/mol. The van der Waals surface area contributed by atoms with Crippen LogP contribution < -0.4 is 15.4 Å². The number of rotatable bonds is 5. The van der Waals surface area contributed by atoms with Gasteiger partial charge in [-0.25, -0.2) is 4.39 Å². The molecule has 0 aliphatic heterocycles. The average Bonchev–Trinajstić information content (AvgIpc) is 2.49. The van der Waals surface area contributed by atoms with Crippen molar-refractivity contribution in [1.29, 1.82) is 0 Å². The van der Waals surface area contributed by atoms with Gasteiger partial charge in [0.2, 0.25) is 5.91 Å². The van der Waals surface area contributed by atoms with Gasteiger partial charge in [0.05, 0.1) is 5.69 Å². The van der Waals surface area contributed by atoms with Crippen molar-refractivity contribution in [3.8, 4) is 5.75 Å². The lowest BCUT2D eigenvalue weighted by molar-refractivity contribution is -0.118. The lowest BCUT2D eigenvalue weighted by atomic mass is 10.2. The van der Waals surface area contributed by atoms with Gasteiger partial charge in [-0.2, -0.15) is 0 Å². The number of halogens is 1. The predicted molar refractivity (Wildman–Crippen MR) is 86.0 cm³/mol. The molecule has 0 aromatic heterocycles. The van der Waals surface area contributed by atoms with Crippen LogP contribution in [0.25, 0.3) is 0 Å². The molecule has 2 aromatic rings. The summed E-state index contributed by atoms with van der Waals surface area (Å²) in [7, 11) is 0. The zero-order valence-corrected chi connectivity index (χ0v) is 12.9. The standard InChI is InChI=1S/C17H17FN2O3/c1-11-3-6-14(7-4-11)23-10-17(22)20-16-9-13(19-12(2)21)5-8-15(16)18/h3-9H,10H2,1-2H3,(H,19,21)(H,20,22). The molecule has 6 heteroatoms. The predicted octanol–water partition coefficient (Wildman–Crippen LogP) is 3.11. The molecule has 0 aliphatic carbocycles. The molecule has 0 fully saturated rings. The number of nitrogens with one attached hydrogen (secondary N) is 2. The summed E-state index contributed by atoms with van der Waals surface area (Å²) in [6.07, 6.45) is 0. The van der Waals surface area contributed by atoms with Gasteiger partial charge >= 0.3 is 0 Å². The first kappa shape index (κ1) is 16.5. The van der Waals surface area contributed by atoms with Crippen LogP contribution in [0.3, 0.4) is 0 Å². The third-order valence-electron chi connectivity index (χ3n) is 2.95. The quantitative estimate of drug-likeness (QED) is 0.890. The van der Waals surface area contributed by atoms with Crippen LogP contribution in [0.4, 0.5) is 15.8 Å².